The molecule has 3 rings (SSSR count). The molecule has 26 heavy (non-hydrogen) atoms. The van der Waals surface area contributed by atoms with Crippen molar-refractivity contribution < 1.29 is 9.59 Å². The average molecular weight is 353 g/mol. The molecule has 2 N–H and O–H groups in total. The molecule has 1 fully saturated rings. The quantitative estimate of drug-likeness (QED) is 0.877. The van der Waals surface area contributed by atoms with E-state index in [4.69, 9.17) is 0 Å². The Morgan fingerprint density at radius 2 is 2.08 bits per heavy atom. The highest BCUT2D eigenvalue weighted by atomic mass is 16.2. The molecule has 0 radical (unpaired) electrons. The minimum atomic E-state index is -0.0668. The van der Waals surface area contributed by atoms with Gasteiger partial charge in [0.25, 0.3) is 5.91 Å². The Kier molecular flexibility index (Phi) is 5.46. The standard InChI is InChI=1S/C19H23N5O2/c1-3-20-16-8-10-21-18(23-16)14-4-6-15(7-5-14)19(26)24-11-9-17(25)22-12-13(24)2/h4-8,10,13H,3,9,11-12H2,1-2H3,(H,22,25)(H,20,21,23)/t13-/m0/s1. The summed E-state index contributed by atoms with van der Waals surface area (Å²) in [6.07, 6.45) is 2.04. The summed E-state index contributed by atoms with van der Waals surface area (Å²) in [7, 11) is 0. The van der Waals surface area contributed by atoms with E-state index in [2.05, 4.69) is 20.6 Å². The van der Waals surface area contributed by atoms with Crippen LogP contribution in [0.2, 0.25) is 0 Å². The zero-order chi connectivity index (χ0) is 18.5. The third kappa shape index (κ3) is 3.99. The van der Waals surface area contributed by atoms with Crippen LogP contribution in [-0.4, -0.2) is 52.4 Å². The van der Waals surface area contributed by atoms with Crippen molar-refractivity contribution in [3.05, 3.63) is 42.1 Å². The fourth-order valence-corrected chi connectivity index (χ4v) is 2.91. The molecule has 2 amide bonds. The molecule has 1 aliphatic heterocycles. The first-order valence-electron chi connectivity index (χ1n) is 8.83. The number of anilines is 1. The third-order valence-electron chi connectivity index (χ3n) is 4.37. The van der Waals surface area contributed by atoms with Gasteiger partial charge < -0.3 is 15.5 Å². The van der Waals surface area contributed by atoms with Crippen LogP contribution in [0.5, 0.6) is 0 Å². The maximum Gasteiger partial charge on any atom is 0.254 e. The number of carbonyl (C=O) groups is 2. The normalized spacial score (nSPS) is 17.4. The molecular weight excluding hydrogens is 330 g/mol. The van der Waals surface area contributed by atoms with Gasteiger partial charge in [0, 0.05) is 49.4 Å². The van der Waals surface area contributed by atoms with Crippen molar-refractivity contribution in [1.29, 1.82) is 0 Å². The van der Waals surface area contributed by atoms with E-state index in [-0.39, 0.29) is 17.9 Å². The maximum atomic E-state index is 12.8. The third-order valence-corrected chi connectivity index (χ3v) is 4.37. The van der Waals surface area contributed by atoms with Crippen molar-refractivity contribution >= 4 is 17.6 Å². The Balaban J connectivity index is 1.77. The fraction of sp³-hybridized carbons (Fsp3) is 0.368. The topological polar surface area (TPSA) is 87.2 Å². The largest absolute Gasteiger partial charge is 0.370 e. The summed E-state index contributed by atoms with van der Waals surface area (Å²) < 4.78 is 0. The Morgan fingerprint density at radius 1 is 1.31 bits per heavy atom. The molecule has 7 nitrogen and oxygen atoms in total. The summed E-state index contributed by atoms with van der Waals surface area (Å²) >= 11 is 0. The van der Waals surface area contributed by atoms with Crippen LogP contribution in [-0.2, 0) is 4.79 Å². The predicted molar refractivity (Wildman–Crippen MR) is 99.8 cm³/mol. The molecule has 2 heterocycles. The average Bonchev–Trinajstić information content (AvgIpc) is 2.83. The summed E-state index contributed by atoms with van der Waals surface area (Å²) in [5.41, 5.74) is 1.44. The van der Waals surface area contributed by atoms with Gasteiger partial charge in [-0.05, 0) is 32.0 Å². The molecule has 7 heteroatoms. The second kappa shape index (κ2) is 7.95. The number of hydrogen-bond acceptors (Lipinski definition) is 5. The van der Waals surface area contributed by atoms with Crippen LogP contribution < -0.4 is 10.6 Å². The number of hydrogen-bond donors (Lipinski definition) is 2. The summed E-state index contributed by atoms with van der Waals surface area (Å²) in [4.78, 5) is 34.9. The van der Waals surface area contributed by atoms with E-state index in [1.54, 1.807) is 23.2 Å². The lowest BCUT2D eigenvalue weighted by Crippen LogP contribution is -2.41. The van der Waals surface area contributed by atoms with E-state index in [9.17, 15) is 9.59 Å². The van der Waals surface area contributed by atoms with Gasteiger partial charge in [-0.25, -0.2) is 9.97 Å². The lowest BCUT2D eigenvalue weighted by atomic mass is 10.1. The lowest BCUT2D eigenvalue weighted by molar-refractivity contribution is -0.120. The molecule has 1 saturated heterocycles. The van der Waals surface area contributed by atoms with E-state index in [0.717, 1.165) is 17.9 Å². The minimum absolute atomic E-state index is 0.0137. The number of amides is 2. The van der Waals surface area contributed by atoms with E-state index < -0.39 is 0 Å². The van der Waals surface area contributed by atoms with Crippen LogP contribution in [0.4, 0.5) is 5.82 Å². The molecule has 0 saturated carbocycles. The molecule has 1 aromatic heterocycles. The van der Waals surface area contributed by atoms with Gasteiger partial charge in [-0.2, -0.15) is 0 Å². The van der Waals surface area contributed by atoms with E-state index in [0.29, 0.717) is 30.9 Å². The van der Waals surface area contributed by atoms with Crippen LogP contribution in [0.15, 0.2) is 36.5 Å². The molecule has 0 aliphatic carbocycles. The highest BCUT2D eigenvalue weighted by Crippen LogP contribution is 2.19. The molecule has 1 atom stereocenters. The summed E-state index contributed by atoms with van der Waals surface area (Å²) in [6.45, 7) is 5.65. The molecule has 136 valence electrons. The Hall–Kier alpha value is -2.96. The molecular formula is C19H23N5O2. The van der Waals surface area contributed by atoms with Gasteiger partial charge in [0.05, 0.1) is 0 Å². The first-order valence-corrected chi connectivity index (χ1v) is 8.83. The highest BCUT2D eigenvalue weighted by molar-refractivity contribution is 5.95. The van der Waals surface area contributed by atoms with Gasteiger partial charge in [0.1, 0.15) is 5.82 Å². The number of aromatic nitrogens is 2. The zero-order valence-corrected chi connectivity index (χ0v) is 15.0. The van der Waals surface area contributed by atoms with Crippen LogP contribution in [0.25, 0.3) is 11.4 Å². The summed E-state index contributed by atoms with van der Waals surface area (Å²) in [5, 5.41) is 5.98. The number of rotatable bonds is 4. The minimum Gasteiger partial charge on any atom is -0.370 e. The van der Waals surface area contributed by atoms with Crippen molar-refractivity contribution in [2.24, 2.45) is 0 Å². The fourth-order valence-electron chi connectivity index (χ4n) is 2.91. The Morgan fingerprint density at radius 3 is 2.81 bits per heavy atom. The van der Waals surface area contributed by atoms with E-state index >= 15 is 0 Å². The highest BCUT2D eigenvalue weighted by Gasteiger charge is 2.25. The predicted octanol–water partition coefficient (Wildman–Crippen LogP) is 1.93. The van der Waals surface area contributed by atoms with Gasteiger partial charge in [-0.15, -0.1) is 0 Å². The van der Waals surface area contributed by atoms with Gasteiger partial charge in [-0.3, -0.25) is 9.59 Å². The van der Waals surface area contributed by atoms with Crippen molar-refractivity contribution in [1.82, 2.24) is 20.2 Å². The molecule has 0 unspecified atom stereocenters. The Bertz CT molecular complexity index is 791. The van der Waals surface area contributed by atoms with Gasteiger partial charge in [0.15, 0.2) is 5.82 Å². The van der Waals surface area contributed by atoms with Crippen molar-refractivity contribution in [3.8, 4) is 11.4 Å². The van der Waals surface area contributed by atoms with Crippen LogP contribution in [0.1, 0.15) is 30.6 Å². The van der Waals surface area contributed by atoms with Crippen LogP contribution in [0, 0.1) is 0 Å². The number of benzene rings is 1. The van der Waals surface area contributed by atoms with E-state index in [1.165, 1.54) is 0 Å². The van der Waals surface area contributed by atoms with Gasteiger partial charge in [-0.1, -0.05) is 12.1 Å². The van der Waals surface area contributed by atoms with Crippen molar-refractivity contribution in [2.45, 2.75) is 26.3 Å². The summed E-state index contributed by atoms with van der Waals surface area (Å²) in [5.74, 6) is 1.30. The van der Waals surface area contributed by atoms with E-state index in [1.807, 2.05) is 32.0 Å². The molecule has 2 aromatic rings. The smallest absolute Gasteiger partial charge is 0.254 e. The number of nitrogens with zero attached hydrogens (tertiary/aromatic N) is 3. The van der Waals surface area contributed by atoms with Crippen LogP contribution >= 0.6 is 0 Å². The molecule has 1 aliphatic rings. The zero-order valence-electron chi connectivity index (χ0n) is 15.0. The SMILES string of the molecule is CCNc1ccnc(-c2ccc(C(=O)N3CCC(=O)NC[C@@H]3C)cc2)n1. The first-order chi connectivity index (χ1) is 12.6. The number of nitrogens with one attached hydrogen (secondary N) is 2. The van der Waals surface area contributed by atoms with Crippen molar-refractivity contribution in [2.75, 3.05) is 25.0 Å². The monoisotopic (exact) mass is 353 g/mol. The summed E-state index contributed by atoms with van der Waals surface area (Å²) in [6, 6.07) is 9.06. The van der Waals surface area contributed by atoms with Gasteiger partial charge >= 0.3 is 0 Å². The van der Waals surface area contributed by atoms with Crippen molar-refractivity contribution in [3.63, 3.8) is 0 Å². The number of carbonyl (C=O) groups excluding carboxylic acids is 2. The van der Waals surface area contributed by atoms with Gasteiger partial charge in [0.2, 0.25) is 5.91 Å². The lowest BCUT2D eigenvalue weighted by Gasteiger charge is -2.26. The van der Waals surface area contributed by atoms with Crippen LogP contribution in [0.3, 0.4) is 0 Å². The second-order valence-corrected chi connectivity index (χ2v) is 6.27. The molecule has 1 aromatic carbocycles. The second-order valence-electron chi connectivity index (χ2n) is 6.27. The first kappa shape index (κ1) is 17.8. The maximum absolute atomic E-state index is 12.8. The molecule has 0 spiro atoms. The Labute approximate surface area is 152 Å². The molecule has 0 bridgehead atoms.